The number of phenolic OH excluding ortho intramolecular Hbond substituents is 1. The number of fused-ring (bicyclic) bond motifs is 1. The van der Waals surface area contributed by atoms with Gasteiger partial charge in [-0.05, 0) is 30.8 Å². The summed E-state index contributed by atoms with van der Waals surface area (Å²) in [4.78, 5) is 4.75. The second-order valence-corrected chi connectivity index (χ2v) is 7.47. The number of hydrogen-bond donors (Lipinski definition) is 1. The first-order chi connectivity index (χ1) is 12.1. The Labute approximate surface area is 155 Å². The van der Waals surface area contributed by atoms with Crippen LogP contribution >= 0.6 is 15.9 Å². The Hall–Kier alpha value is -1.76. The molecule has 2 aliphatic heterocycles. The van der Waals surface area contributed by atoms with Crippen molar-refractivity contribution >= 4 is 15.9 Å². The summed E-state index contributed by atoms with van der Waals surface area (Å²) in [5.74, 6) is 1.55. The van der Waals surface area contributed by atoms with Gasteiger partial charge in [-0.3, -0.25) is 4.90 Å². The molecule has 0 radical (unpaired) electrons. The van der Waals surface area contributed by atoms with Gasteiger partial charge in [0.15, 0.2) is 11.5 Å². The van der Waals surface area contributed by atoms with E-state index >= 15 is 0 Å². The van der Waals surface area contributed by atoms with Crippen LogP contribution in [0.4, 0.5) is 0 Å². The van der Waals surface area contributed by atoms with E-state index < -0.39 is 0 Å². The molecular formula is C19H21BrN2O3. The van der Waals surface area contributed by atoms with Crippen LogP contribution in [0.2, 0.25) is 0 Å². The van der Waals surface area contributed by atoms with Crippen molar-refractivity contribution in [3.63, 3.8) is 0 Å². The summed E-state index contributed by atoms with van der Waals surface area (Å²) >= 11 is 3.50. The van der Waals surface area contributed by atoms with Crippen molar-refractivity contribution in [2.45, 2.75) is 6.04 Å². The van der Waals surface area contributed by atoms with Crippen LogP contribution in [-0.2, 0) is 0 Å². The average Bonchev–Trinajstić information content (AvgIpc) is 3.05. The first-order valence-electron chi connectivity index (χ1n) is 8.42. The highest BCUT2D eigenvalue weighted by Crippen LogP contribution is 2.43. The smallest absolute Gasteiger partial charge is 0.231 e. The molecule has 1 atom stereocenters. The molecule has 4 rings (SSSR count). The number of aromatic hydroxyl groups is 1. The fourth-order valence-corrected chi connectivity index (χ4v) is 3.74. The first-order valence-corrected chi connectivity index (χ1v) is 9.21. The van der Waals surface area contributed by atoms with Gasteiger partial charge in [0.2, 0.25) is 6.79 Å². The Morgan fingerprint density at radius 2 is 1.64 bits per heavy atom. The highest BCUT2D eigenvalue weighted by atomic mass is 79.9. The van der Waals surface area contributed by atoms with Crippen molar-refractivity contribution in [2.24, 2.45) is 0 Å². The molecule has 0 bridgehead atoms. The summed E-state index contributed by atoms with van der Waals surface area (Å²) < 4.78 is 12.0. The Kier molecular flexibility index (Phi) is 4.58. The molecule has 5 nitrogen and oxygen atoms in total. The Balaban J connectivity index is 1.76. The predicted molar refractivity (Wildman–Crippen MR) is 99.3 cm³/mol. The summed E-state index contributed by atoms with van der Waals surface area (Å²) in [6, 6.07) is 11.9. The molecule has 0 aliphatic carbocycles. The molecule has 1 saturated heterocycles. The number of hydrogen-bond acceptors (Lipinski definition) is 5. The lowest BCUT2D eigenvalue weighted by Crippen LogP contribution is -2.46. The lowest BCUT2D eigenvalue weighted by atomic mass is 9.95. The average molecular weight is 405 g/mol. The molecule has 2 heterocycles. The van der Waals surface area contributed by atoms with Gasteiger partial charge in [-0.15, -0.1) is 0 Å². The summed E-state index contributed by atoms with van der Waals surface area (Å²) in [7, 11) is 2.14. The van der Waals surface area contributed by atoms with Gasteiger partial charge >= 0.3 is 0 Å². The van der Waals surface area contributed by atoms with Gasteiger partial charge in [-0.1, -0.05) is 28.1 Å². The van der Waals surface area contributed by atoms with Crippen molar-refractivity contribution in [1.82, 2.24) is 9.80 Å². The number of rotatable bonds is 3. The van der Waals surface area contributed by atoms with E-state index in [0.717, 1.165) is 41.8 Å². The number of phenols is 1. The zero-order valence-corrected chi connectivity index (χ0v) is 15.7. The van der Waals surface area contributed by atoms with Crippen molar-refractivity contribution in [1.29, 1.82) is 0 Å². The Bertz CT molecular complexity index is 758. The highest BCUT2D eigenvalue weighted by molar-refractivity contribution is 9.10. The van der Waals surface area contributed by atoms with Crippen LogP contribution in [0.1, 0.15) is 17.2 Å². The molecule has 0 unspecified atom stereocenters. The van der Waals surface area contributed by atoms with E-state index in [1.165, 1.54) is 0 Å². The maximum Gasteiger partial charge on any atom is 0.231 e. The van der Waals surface area contributed by atoms with E-state index in [1.807, 2.05) is 18.2 Å². The van der Waals surface area contributed by atoms with Gasteiger partial charge < -0.3 is 19.5 Å². The number of ether oxygens (including phenoxy) is 2. The fourth-order valence-electron chi connectivity index (χ4n) is 3.48. The van der Waals surface area contributed by atoms with Crippen LogP contribution in [0.25, 0.3) is 0 Å². The van der Waals surface area contributed by atoms with Gasteiger partial charge in [0.1, 0.15) is 5.75 Å². The largest absolute Gasteiger partial charge is 0.507 e. The second kappa shape index (κ2) is 6.86. The van der Waals surface area contributed by atoms with Crippen LogP contribution in [0.3, 0.4) is 0 Å². The predicted octanol–water partition coefficient (Wildman–Crippen LogP) is 3.22. The van der Waals surface area contributed by atoms with E-state index in [0.29, 0.717) is 11.5 Å². The number of nitrogens with zero attached hydrogens (tertiary/aromatic N) is 2. The van der Waals surface area contributed by atoms with E-state index in [-0.39, 0.29) is 18.6 Å². The van der Waals surface area contributed by atoms with E-state index in [9.17, 15) is 5.11 Å². The summed E-state index contributed by atoms with van der Waals surface area (Å²) in [6.07, 6.45) is 0. The van der Waals surface area contributed by atoms with E-state index in [4.69, 9.17) is 9.47 Å². The Morgan fingerprint density at radius 3 is 2.32 bits per heavy atom. The third kappa shape index (κ3) is 3.34. The van der Waals surface area contributed by atoms with Crippen molar-refractivity contribution in [3.8, 4) is 17.2 Å². The molecular weight excluding hydrogens is 384 g/mol. The molecule has 2 aliphatic rings. The van der Waals surface area contributed by atoms with E-state index in [2.05, 4.69) is 44.9 Å². The molecule has 25 heavy (non-hydrogen) atoms. The van der Waals surface area contributed by atoms with Gasteiger partial charge in [0.25, 0.3) is 0 Å². The summed E-state index contributed by atoms with van der Waals surface area (Å²) in [6.45, 7) is 4.13. The molecule has 0 spiro atoms. The zero-order chi connectivity index (χ0) is 17.4. The third-order valence-corrected chi connectivity index (χ3v) is 5.43. The standard InChI is InChI=1S/C19H21BrN2O3/c1-21-6-8-22(9-7-21)19(13-2-4-14(20)5-3-13)15-10-17-18(11-16(15)23)25-12-24-17/h2-5,10-11,19,23H,6-9,12H2,1H3/t19-/m0/s1. The zero-order valence-electron chi connectivity index (χ0n) is 14.1. The second-order valence-electron chi connectivity index (χ2n) is 6.56. The summed E-state index contributed by atoms with van der Waals surface area (Å²) in [5, 5.41) is 10.7. The number of halogens is 1. The quantitative estimate of drug-likeness (QED) is 0.850. The first kappa shape index (κ1) is 16.7. The van der Waals surface area contributed by atoms with Gasteiger partial charge in [-0.25, -0.2) is 0 Å². The van der Waals surface area contributed by atoms with Crippen LogP contribution in [0.15, 0.2) is 40.9 Å². The number of piperazine rings is 1. The topological polar surface area (TPSA) is 45.2 Å². The molecule has 6 heteroatoms. The molecule has 0 aromatic heterocycles. The molecule has 1 N–H and O–H groups in total. The van der Waals surface area contributed by atoms with Crippen LogP contribution < -0.4 is 9.47 Å². The lowest BCUT2D eigenvalue weighted by Gasteiger charge is -2.38. The number of likely N-dealkylation sites (N-methyl/N-ethyl adjacent to an activating group) is 1. The van der Waals surface area contributed by atoms with Gasteiger partial charge in [0.05, 0.1) is 6.04 Å². The molecule has 2 aromatic carbocycles. The summed E-state index contributed by atoms with van der Waals surface area (Å²) in [5.41, 5.74) is 2.01. The van der Waals surface area contributed by atoms with E-state index in [1.54, 1.807) is 6.07 Å². The van der Waals surface area contributed by atoms with Crippen LogP contribution in [0, 0.1) is 0 Å². The maximum absolute atomic E-state index is 10.7. The molecule has 0 saturated carbocycles. The lowest BCUT2D eigenvalue weighted by molar-refractivity contribution is 0.126. The van der Waals surface area contributed by atoms with Crippen LogP contribution in [0.5, 0.6) is 17.2 Å². The monoisotopic (exact) mass is 404 g/mol. The minimum atomic E-state index is -0.0173. The SMILES string of the molecule is CN1CCN([C@@H](c2ccc(Br)cc2)c2cc3c(cc2O)OCO3)CC1. The minimum Gasteiger partial charge on any atom is -0.507 e. The molecule has 132 valence electrons. The van der Waals surface area contributed by atoms with Crippen molar-refractivity contribution in [2.75, 3.05) is 40.0 Å². The maximum atomic E-state index is 10.7. The van der Waals surface area contributed by atoms with Gasteiger partial charge in [0, 0.05) is 42.3 Å². The molecule has 1 fully saturated rings. The van der Waals surface area contributed by atoms with Crippen molar-refractivity contribution < 1.29 is 14.6 Å². The van der Waals surface area contributed by atoms with Crippen molar-refractivity contribution in [3.05, 3.63) is 52.0 Å². The van der Waals surface area contributed by atoms with Crippen LogP contribution in [-0.4, -0.2) is 54.9 Å². The van der Waals surface area contributed by atoms with Gasteiger partial charge in [-0.2, -0.15) is 0 Å². The fraction of sp³-hybridized carbons (Fsp3) is 0.368. The Morgan fingerprint density at radius 1 is 1.00 bits per heavy atom. The molecule has 2 aromatic rings. The highest BCUT2D eigenvalue weighted by Gasteiger charge is 2.29. The normalized spacial score (nSPS) is 19.1. The molecule has 0 amide bonds. The third-order valence-electron chi connectivity index (χ3n) is 4.91. The number of benzene rings is 2. The minimum absolute atomic E-state index is 0.0173.